The molecular weight excluding hydrogens is 218 g/mol. The van der Waals surface area contributed by atoms with Gasteiger partial charge in [0.25, 0.3) is 0 Å². The third-order valence-corrected chi connectivity index (χ3v) is 2.13. The van der Waals surface area contributed by atoms with Gasteiger partial charge in [0.15, 0.2) is 0 Å². The van der Waals surface area contributed by atoms with Crippen LogP contribution in [0, 0.1) is 11.8 Å². The van der Waals surface area contributed by atoms with E-state index < -0.39 is 0 Å². The fourth-order valence-corrected chi connectivity index (χ4v) is 1.59. The Hall–Kier alpha value is -1.52. The molecule has 1 heterocycles. The van der Waals surface area contributed by atoms with Crippen molar-refractivity contribution in [3.8, 4) is 0 Å². The highest BCUT2D eigenvalue weighted by atomic mass is 16.5. The number of anilines is 1. The molecule has 96 valence electrons. The minimum atomic E-state index is -0.135. The van der Waals surface area contributed by atoms with E-state index >= 15 is 0 Å². The predicted molar refractivity (Wildman–Crippen MR) is 66.8 cm³/mol. The van der Waals surface area contributed by atoms with E-state index in [1.165, 1.54) is 6.20 Å². The third kappa shape index (κ3) is 4.89. The second kappa shape index (κ2) is 6.27. The maximum absolute atomic E-state index is 12.0. The Morgan fingerprint density at radius 2 is 1.94 bits per heavy atom. The monoisotopic (exact) mass is 239 g/mol. The average molecular weight is 239 g/mol. The fraction of sp³-hybridized carbons (Fsp3) is 0.667. The first-order chi connectivity index (χ1) is 7.99. The van der Waals surface area contributed by atoms with Gasteiger partial charge < -0.3 is 9.42 Å². The second-order valence-corrected chi connectivity index (χ2v) is 5.00. The molecular formula is C12H21N3O2. The summed E-state index contributed by atoms with van der Waals surface area (Å²) in [5.74, 6) is 1.26. The van der Waals surface area contributed by atoms with Crippen molar-refractivity contribution in [2.45, 2.75) is 27.7 Å². The smallest absolute Gasteiger partial charge is 0.324 e. The van der Waals surface area contributed by atoms with Crippen LogP contribution in [0.15, 0.2) is 16.8 Å². The van der Waals surface area contributed by atoms with Gasteiger partial charge >= 0.3 is 6.03 Å². The van der Waals surface area contributed by atoms with Crippen LogP contribution in [0.5, 0.6) is 0 Å². The highest BCUT2D eigenvalue weighted by Crippen LogP contribution is 2.09. The van der Waals surface area contributed by atoms with Crippen LogP contribution < -0.4 is 5.32 Å². The lowest BCUT2D eigenvalue weighted by Gasteiger charge is -2.25. The zero-order chi connectivity index (χ0) is 12.8. The Balaban J connectivity index is 2.58. The van der Waals surface area contributed by atoms with Gasteiger partial charge in [0.2, 0.25) is 5.88 Å². The maximum atomic E-state index is 12.0. The molecule has 0 saturated heterocycles. The number of hydrogen-bond acceptors (Lipinski definition) is 3. The van der Waals surface area contributed by atoms with E-state index in [1.807, 2.05) is 0 Å². The van der Waals surface area contributed by atoms with Crippen molar-refractivity contribution in [3.05, 3.63) is 12.3 Å². The molecule has 0 spiro atoms. The first-order valence-corrected chi connectivity index (χ1v) is 5.95. The molecule has 0 aromatic carbocycles. The molecule has 1 aromatic rings. The van der Waals surface area contributed by atoms with Crippen molar-refractivity contribution in [1.82, 2.24) is 10.1 Å². The molecule has 0 fully saturated rings. The van der Waals surface area contributed by atoms with Crippen molar-refractivity contribution in [3.63, 3.8) is 0 Å². The van der Waals surface area contributed by atoms with Crippen LogP contribution in [0.4, 0.5) is 10.7 Å². The molecule has 0 aliphatic carbocycles. The lowest BCUT2D eigenvalue weighted by atomic mass is 10.1. The second-order valence-electron chi connectivity index (χ2n) is 5.00. The SMILES string of the molecule is CC(C)CN(CC(C)C)C(=O)Nc1ccno1. The molecule has 0 unspecified atom stereocenters. The third-order valence-electron chi connectivity index (χ3n) is 2.13. The summed E-state index contributed by atoms with van der Waals surface area (Å²) in [7, 11) is 0. The van der Waals surface area contributed by atoms with E-state index in [0.29, 0.717) is 17.7 Å². The van der Waals surface area contributed by atoms with Crippen LogP contribution in [0.3, 0.4) is 0 Å². The van der Waals surface area contributed by atoms with Crippen LogP contribution in [0.2, 0.25) is 0 Å². The molecule has 1 N–H and O–H groups in total. The number of carbonyl (C=O) groups is 1. The van der Waals surface area contributed by atoms with E-state index in [1.54, 1.807) is 11.0 Å². The van der Waals surface area contributed by atoms with Gasteiger partial charge in [-0.3, -0.25) is 5.32 Å². The highest BCUT2D eigenvalue weighted by Gasteiger charge is 2.17. The van der Waals surface area contributed by atoms with Gasteiger partial charge in [-0.25, -0.2) is 4.79 Å². The maximum Gasteiger partial charge on any atom is 0.324 e. The Morgan fingerprint density at radius 3 is 2.35 bits per heavy atom. The van der Waals surface area contributed by atoms with Gasteiger partial charge in [-0.05, 0) is 11.8 Å². The van der Waals surface area contributed by atoms with Crippen LogP contribution >= 0.6 is 0 Å². The molecule has 1 aromatic heterocycles. The summed E-state index contributed by atoms with van der Waals surface area (Å²) in [6, 6.07) is 1.49. The summed E-state index contributed by atoms with van der Waals surface area (Å²) >= 11 is 0. The number of urea groups is 1. The molecule has 0 saturated carbocycles. The van der Waals surface area contributed by atoms with Gasteiger partial charge in [-0.15, -0.1) is 0 Å². The van der Waals surface area contributed by atoms with E-state index in [-0.39, 0.29) is 6.03 Å². The molecule has 0 aliphatic rings. The van der Waals surface area contributed by atoms with E-state index in [4.69, 9.17) is 4.52 Å². The summed E-state index contributed by atoms with van der Waals surface area (Å²) in [5, 5.41) is 6.24. The number of aromatic nitrogens is 1. The normalized spacial score (nSPS) is 10.9. The van der Waals surface area contributed by atoms with Gasteiger partial charge in [0.1, 0.15) is 0 Å². The van der Waals surface area contributed by atoms with E-state index in [9.17, 15) is 4.79 Å². The summed E-state index contributed by atoms with van der Waals surface area (Å²) in [4.78, 5) is 13.8. The Kier molecular flexibility index (Phi) is 5.00. The van der Waals surface area contributed by atoms with Crippen molar-refractivity contribution >= 4 is 11.9 Å². The first kappa shape index (κ1) is 13.5. The Bertz CT molecular complexity index is 324. The summed E-state index contributed by atoms with van der Waals surface area (Å²) in [6.07, 6.45) is 1.50. The zero-order valence-corrected chi connectivity index (χ0v) is 10.9. The zero-order valence-electron chi connectivity index (χ0n) is 10.9. The molecule has 0 radical (unpaired) electrons. The standard InChI is InChI=1S/C12H21N3O2/c1-9(2)7-15(8-10(3)4)12(16)14-11-5-6-13-17-11/h5-6,9-10H,7-8H2,1-4H3,(H,14,16). The Morgan fingerprint density at radius 1 is 1.35 bits per heavy atom. The van der Waals surface area contributed by atoms with Crippen LogP contribution in [-0.2, 0) is 0 Å². The molecule has 1 rings (SSSR count). The number of amides is 2. The van der Waals surface area contributed by atoms with Crippen LogP contribution in [0.25, 0.3) is 0 Å². The lowest BCUT2D eigenvalue weighted by Crippen LogP contribution is -2.39. The van der Waals surface area contributed by atoms with Crippen molar-refractivity contribution < 1.29 is 9.32 Å². The summed E-state index contributed by atoms with van der Waals surface area (Å²) in [6.45, 7) is 9.84. The summed E-state index contributed by atoms with van der Waals surface area (Å²) in [5.41, 5.74) is 0. The van der Waals surface area contributed by atoms with Gasteiger partial charge in [0.05, 0.1) is 6.20 Å². The number of rotatable bonds is 5. The fourth-order valence-electron chi connectivity index (χ4n) is 1.59. The highest BCUT2D eigenvalue weighted by molar-refractivity contribution is 5.87. The molecule has 17 heavy (non-hydrogen) atoms. The largest absolute Gasteiger partial charge is 0.338 e. The Labute approximate surface area is 102 Å². The quantitative estimate of drug-likeness (QED) is 0.859. The number of nitrogens with one attached hydrogen (secondary N) is 1. The average Bonchev–Trinajstić information content (AvgIpc) is 2.67. The molecule has 5 heteroatoms. The summed E-state index contributed by atoms with van der Waals surface area (Å²) < 4.78 is 4.86. The van der Waals surface area contributed by atoms with Crippen molar-refractivity contribution in [2.75, 3.05) is 18.4 Å². The molecule has 2 amide bonds. The van der Waals surface area contributed by atoms with Crippen molar-refractivity contribution in [1.29, 1.82) is 0 Å². The molecule has 5 nitrogen and oxygen atoms in total. The van der Waals surface area contributed by atoms with Gasteiger partial charge in [-0.1, -0.05) is 32.9 Å². The van der Waals surface area contributed by atoms with Crippen LogP contribution in [0.1, 0.15) is 27.7 Å². The molecule has 0 aliphatic heterocycles. The minimum absolute atomic E-state index is 0.135. The topological polar surface area (TPSA) is 58.4 Å². The van der Waals surface area contributed by atoms with Crippen LogP contribution in [-0.4, -0.2) is 29.2 Å². The first-order valence-electron chi connectivity index (χ1n) is 5.95. The van der Waals surface area contributed by atoms with Gasteiger partial charge in [-0.2, -0.15) is 0 Å². The number of carbonyl (C=O) groups excluding carboxylic acids is 1. The van der Waals surface area contributed by atoms with Crippen molar-refractivity contribution in [2.24, 2.45) is 11.8 Å². The molecule has 0 bridgehead atoms. The lowest BCUT2D eigenvalue weighted by molar-refractivity contribution is 0.196. The van der Waals surface area contributed by atoms with E-state index in [2.05, 4.69) is 38.2 Å². The predicted octanol–water partition coefficient (Wildman–Crippen LogP) is 2.82. The number of hydrogen-bond donors (Lipinski definition) is 1. The minimum Gasteiger partial charge on any atom is -0.338 e. The number of nitrogens with zero attached hydrogens (tertiary/aromatic N) is 2. The van der Waals surface area contributed by atoms with Gasteiger partial charge in [0, 0.05) is 19.2 Å². The molecule has 0 atom stereocenters. The van der Waals surface area contributed by atoms with E-state index in [0.717, 1.165) is 13.1 Å².